The number of rotatable bonds is 5. The highest BCUT2D eigenvalue weighted by atomic mass is 32.1. The number of benzene rings is 2. The third kappa shape index (κ3) is 6.41. The van der Waals surface area contributed by atoms with Crippen molar-refractivity contribution in [3.8, 4) is 17.2 Å². The second-order valence-corrected chi connectivity index (χ2v) is 7.67. The maximum Gasteiger partial charge on any atom is 0.138 e. The minimum atomic E-state index is -0.324. The van der Waals surface area contributed by atoms with Crippen molar-refractivity contribution in [2.75, 3.05) is 13.7 Å². The molecular formula is C22H28N2O3S. The van der Waals surface area contributed by atoms with Crippen LogP contribution in [-0.4, -0.2) is 29.8 Å². The van der Waals surface area contributed by atoms with Gasteiger partial charge in [-0.05, 0) is 35.7 Å². The monoisotopic (exact) mass is 400 g/mol. The van der Waals surface area contributed by atoms with E-state index >= 15 is 0 Å². The Morgan fingerprint density at radius 1 is 1.07 bits per heavy atom. The Labute approximate surface area is 172 Å². The normalized spacial score (nSPS) is 12.1. The molecule has 0 amide bonds. The Morgan fingerprint density at radius 2 is 1.79 bits per heavy atom. The van der Waals surface area contributed by atoms with Crippen molar-refractivity contribution in [3.05, 3.63) is 60.8 Å². The highest BCUT2D eigenvalue weighted by molar-refractivity contribution is 7.78. The second-order valence-electron chi connectivity index (χ2n) is 7.35. The molecule has 1 heterocycles. The molecule has 1 atom stereocenters. The van der Waals surface area contributed by atoms with Crippen molar-refractivity contribution in [2.24, 2.45) is 5.41 Å². The van der Waals surface area contributed by atoms with Crippen LogP contribution in [-0.2, 0) is 0 Å². The van der Waals surface area contributed by atoms with Crippen LogP contribution < -0.4 is 14.2 Å². The topological polar surface area (TPSA) is 63.6 Å². The molecule has 2 N–H and O–H groups in total. The van der Waals surface area contributed by atoms with E-state index < -0.39 is 0 Å². The molecule has 0 fully saturated rings. The molecule has 0 saturated heterocycles. The van der Waals surface area contributed by atoms with Gasteiger partial charge in [0.1, 0.15) is 17.2 Å². The molecule has 6 heteroatoms. The minimum Gasteiger partial charge on any atom is -0.497 e. The van der Waals surface area contributed by atoms with Gasteiger partial charge in [-0.1, -0.05) is 51.8 Å². The quantitative estimate of drug-likeness (QED) is 0.534. The largest absolute Gasteiger partial charge is 0.497 e. The summed E-state index contributed by atoms with van der Waals surface area (Å²) in [6.45, 7) is 6.50. The molecule has 0 bridgehead atoms. The van der Waals surface area contributed by atoms with Gasteiger partial charge in [-0.3, -0.25) is 9.71 Å². The Balaban J connectivity index is 0.000000266. The molecule has 0 aliphatic heterocycles. The number of aliphatic hydroxyl groups is 1. The zero-order chi connectivity index (χ0) is 20.6. The Hall–Kier alpha value is -2.28. The van der Waals surface area contributed by atoms with E-state index in [4.69, 9.17) is 9.47 Å². The summed E-state index contributed by atoms with van der Waals surface area (Å²) in [4.78, 5) is 4.33. The molecule has 2 aromatic carbocycles. The van der Waals surface area contributed by atoms with Crippen molar-refractivity contribution in [1.29, 1.82) is 0 Å². The Morgan fingerprint density at radius 3 is 2.36 bits per heavy atom. The Bertz CT molecular complexity index is 867. The lowest BCUT2D eigenvalue weighted by atomic mass is 9.89. The molecule has 5 nitrogen and oxygen atoms in total. The lowest BCUT2D eigenvalue weighted by molar-refractivity contribution is 0.0684. The number of nitrogens with one attached hydrogen (secondary N) is 1. The minimum absolute atomic E-state index is 0.0459. The standard InChI is InChI=1S/C16H13NO2.C6H15NOS/c1-18-13-7-8-14-15(11-13)17-10-9-16(14)19-12-5-3-2-4-6-12;1-6(2,3)5(8)4-7-9/h2-11H,1H3;5,7-9H,4H2,1-3H3. The van der Waals surface area contributed by atoms with E-state index in [2.05, 4.69) is 22.5 Å². The summed E-state index contributed by atoms with van der Waals surface area (Å²) in [6, 6.07) is 17.3. The molecular weight excluding hydrogens is 372 g/mol. The predicted octanol–water partition coefficient (Wildman–Crippen LogP) is 4.86. The molecule has 0 aliphatic carbocycles. The van der Waals surface area contributed by atoms with E-state index in [1.807, 2.05) is 75.4 Å². The number of aromatic nitrogens is 1. The lowest BCUT2D eigenvalue weighted by Crippen LogP contribution is -2.33. The van der Waals surface area contributed by atoms with Crippen LogP contribution in [0.15, 0.2) is 60.8 Å². The van der Waals surface area contributed by atoms with Crippen LogP contribution in [0.1, 0.15) is 20.8 Å². The number of hydrogen-bond donors (Lipinski definition) is 3. The highest BCUT2D eigenvalue weighted by Crippen LogP contribution is 2.30. The first-order valence-electron chi connectivity index (χ1n) is 9.06. The van der Waals surface area contributed by atoms with E-state index in [1.54, 1.807) is 13.3 Å². The summed E-state index contributed by atoms with van der Waals surface area (Å²) in [5.41, 5.74) is 0.809. The van der Waals surface area contributed by atoms with E-state index in [9.17, 15) is 5.11 Å². The van der Waals surface area contributed by atoms with Gasteiger partial charge in [0, 0.05) is 24.2 Å². The predicted molar refractivity (Wildman–Crippen MR) is 117 cm³/mol. The van der Waals surface area contributed by atoms with E-state index in [0.717, 1.165) is 28.2 Å². The van der Waals surface area contributed by atoms with Gasteiger partial charge in [-0.15, -0.1) is 0 Å². The van der Waals surface area contributed by atoms with Crippen LogP contribution in [0.3, 0.4) is 0 Å². The fourth-order valence-corrected chi connectivity index (χ4v) is 2.50. The average Bonchev–Trinajstić information content (AvgIpc) is 2.68. The van der Waals surface area contributed by atoms with Gasteiger partial charge in [0.25, 0.3) is 0 Å². The summed E-state index contributed by atoms with van der Waals surface area (Å²) in [5.74, 6) is 2.39. The zero-order valence-corrected chi connectivity index (χ0v) is 17.6. The number of pyridine rings is 1. The first-order chi connectivity index (χ1) is 13.3. The number of thiol groups is 1. The molecule has 0 radical (unpaired) electrons. The molecule has 3 rings (SSSR count). The van der Waals surface area contributed by atoms with Crippen LogP contribution in [0.5, 0.6) is 17.2 Å². The maximum absolute atomic E-state index is 9.27. The van der Waals surface area contributed by atoms with E-state index in [1.165, 1.54) is 0 Å². The van der Waals surface area contributed by atoms with Crippen LogP contribution in [0.4, 0.5) is 0 Å². The van der Waals surface area contributed by atoms with Crippen molar-refractivity contribution in [1.82, 2.24) is 9.71 Å². The fourth-order valence-electron chi connectivity index (χ4n) is 2.33. The Kier molecular flexibility index (Phi) is 8.11. The van der Waals surface area contributed by atoms with Gasteiger partial charge >= 0.3 is 0 Å². The molecule has 0 spiro atoms. The SMILES string of the molecule is CC(C)(C)C(O)CNS.COc1ccc2c(Oc3ccccc3)ccnc2c1. The van der Waals surface area contributed by atoms with Crippen LogP contribution in [0.2, 0.25) is 0 Å². The van der Waals surface area contributed by atoms with Gasteiger partial charge in [-0.25, -0.2) is 0 Å². The van der Waals surface area contributed by atoms with Gasteiger partial charge in [-0.2, -0.15) is 0 Å². The number of hydrogen-bond acceptors (Lipinski definition) is 6. The number of aliphatic hydroxyl groups excluding tert-OH is 1. The third-order valence-electron chi connectivity index (χ3n) is 4.17. The van der Waals surface area contributed by atoms with Crippen molar-refractivity contribution >= 4 is 23.7 Å². The first kappa shape index (κ1) is 22.0. The summed E-state index contributed by atoms with van der Waals surface area (Å²) in [6.07, 6.45) is 1.41. The summed E-state index contributed by atoms with van der Waals surface area (Å²) in [5, 5.41) is 10.2. The zero-order valence-electron chi connectivity index (χ0n) is 16.7. The number of methoxy groups -OCH3 is 1. The van der Waals surface area contributed by atoms with Gasteiger partial charge < -0.3 is 14.6 Å². The van der Waals surface area contributed by atoms with Crippen LogP contribution >= 0.6 is 12.8 Å². The van der Waals surface area contributed by atoms with E-state index in [-0.39, 0.29) is 11.5 Å². The number of para-hydroxylation sites is 1. The number of fused-ring (bicyclic) bond motifs is 1. The van der Waals surface area contributed by atoms with Gasteiger partial charge in [0.05, 0.1) is 18.7 Å². The van der Waals surface area contributed by atoms with Gasteiger partial charge in [0.2, 0.25) is 0 Å². The molecule has 0 aliphatic rings. The molecule has 28 heavy (non-hydrogen) atoms. The number of ether oxygens (including phenoxy) is 2. The maximum atomic E-state index is 9.27. The lowest BCUT2D eigenvalue weighted by Gasteiger charge is -2.24. The highest BCUT2D eigenvalue weighted by Gasteiger charge is 2.20. The number of nitrogens with zero attached hydrogens (tertiary/aromatic N) is 1. The van der Waals surface area contributed by atoms with Crippen LogP contribution in [0, 0.1) is 5.41 Å². The fraction of sp³-hybridized carbons (Fsp3) is 0.318. The molecule has 0 saturated carbocycles. The molecule has 150 valence electrons. The van der Waals surface area contributed by atoms with Crippen LogP contribution in [0.25, 0.3) is 10.9 Å². The third-order valence-corrected chi connectivity index (χ3v) is 4.35. The van der Waals surface area contributed by atoms with Crippen molar-refractivity contribution in [2.45, 2.75) is 26.9 Å². The van der Waals surface area contributed by atoms with Gasteiger partial charge in [0.15, 0.2) is 0 Å². The summed E-state index contributed by atoms with van der Waals surface area (Å²) >= 11 is 3.78. The smallest absolute Gasteiger partial charge is 0.138 e. The van der Waals surface area contributed by atoms with Crippen molar-refractivity contribution in [3.63, 3.8) is 0 Å². The summed E-state index contributed by atoms with van der Waals surface area (Å²) < 4.78 is 13.7. The first-order valence-corrected chi connectivity index (χ1v) is 9.50. The second kappa shape index (κ2) is 10.3. The molecule has 3 aromatic rings. The van der Waals surface area contributed by atoms with E-state index in [0.29, 0.717) is 6.54 Å². The van der Waals surface area contributed by atoms with Crippen molar-refractivity contribution < 1.29 is 14.6 Å². The average molecular weight is 401 g/mol. The molecule has 1 unspecified atom stereocenters. The molecule has 1 aromatic heterocycles. The summed E-state index contributed by atoms with van der Waals surface area (Å²) in [7, 11) is 1.64.